The summed E-state index contributed by atoms with van der Waals surface area (Å²) in [6.45, 7) is 10.7. The maximum absolute atomic E-state index is 11.5. The SMILES string of the molecule is CC(C)(C)SCC(=O)CSC(C)(C)I. The predicted octanol–water partition coefficient (Wildman–Crippen LogP) is 3.99. The van der Waals surface area contributed by atoms with E-state index in [0.29, 0.717) is 17.3 Å². The first kappa shape index (κ1) is 15.1. The summed E-state index contributed by atoms with van der Waals surface area (Å²) in [4.78, 5) is 11.5. The van der Waals surface area contributed by atoms with Crippen LogP contribution in [0.5, 0.6) is 0 Å². The Kier molecular flexibility index (Phi) is 6.46. The highest BCUT2D eigenvalue weighted by atomic mass is 127. The Balaban J connectivity index is 3.68. The molecule has 4 heteroatoms. The fraction of sp³-hybridized carbons (Fsp3) is 0.900. The molecule has 0 aromatic heterocycles. The highest BCUT2D eigenvalue weighted by Crippen LogP contribution is 2.32. The van der Waals surface area contributed by atoms with Crippen molar-refractivity contribution in [1.29, 1.82) is 0 Å². The maximum Gasteiger partial charge on any atom is 0.152 e. The van der Waals surface area contributed by atoms with Crippen LogP contribution in [0.4, 0.5) is 0 Å². The van der Waals surface area contributed by atoms with Crippen LogP contribution in [0.3, 0.4) is 0 Å². The van der Waals surface area contributed by atoms with Gasteiger partial charge in [0.15, 0.2) is 5.78 Å². The number of alkyl halides is 1. The lowest BCUT2D eigenvalue weighted by Gasteiger charge is -2.18. The average Bonchev–Trinajstić information content (AvgIpc) is 1.94. The van der Waals surface area contributed by atoms with Crippen LogP contribution in [0, 0.1) is 0 Å². The summed E-state index contributed by atoms with van der Waals surface area (Å²) in [5.74, 6) is 1.63. The molecule has 0 aliphatic rings. The topological polar surface area (TPSA) is 17.1 Å². The Morgan fingerprint density at radius 3 is 1.86 bits per heavy atom. The zero-order valence-electron chi connectivity index (χ0n) is 9.52. The third kappa shape index (κ3) is 11.2. The van der Waals surface area contributed by atoms with Gasteiger partial charge in [0.25, 0.3) is 0 Å². The van der Waals surface area contributed by atoms with Gasteiger partial charge in [0, 0.05) is 4.75 Å². The van der Waals surface area contributed by atoms with Crippen molar-refractivity contribution in [1.82, 2.24) is 0 Å². The summed E-state index contributed by atoms with van der Waals surface area (Å²) < 4.78 is 0.361. The quantitative estimate of drug-likeness (QED) is 0.553. The third-order valence-electron chi connectivity index (χ3n) is 1.24. The van der Waals surface area contributed by atoms with Gasteiger partial charge in [-0.3, -0.25) is 4.79 Å². The molecule has 0 aliphatic carbocycles. The predicted molar refractivity (Wildman–Crippen MR) is 77.8 cm³/mol. The van der Waals surface area contributed by atoms with E-state index in [1.54, 1.807) is 23.5 Å². The number of carbonyl (C=O) groups excluding carboxylic acids is 1. The van der Waals surface area contributed by atoms with Crippen molar-refractivity contribution in [2.75, 3.05) is 11.5 Å². The second-order valence-corrected chi connectivity index (χ2v) is 11.4. The van der Waals surface area contributed by atoms with Gasteiger partial charge in [0.2, 0.25) is 0 Å². The van der Waals surface area contributed by atoms with Crippen molar-refractivity contribution in [3.63, 3.8) is 0 Å². The van der Waals surface area contributed by atoms with E-state index >= 15 is 0 Å². The monoisotopic (exact) mass is 346 g/mol. The lowest BCUT2D eigenvalue weighted by molar-refractivity contribution is -0.114. The normalized spacial score (nSPS) is 13.0. The molecule has 14 heavy (non-hydrogen) atoms. The largest absolute Gasteiger partial charge is 0.298 e. The molecular weight excluding hydrogens is 327 g/mol. The van der Waals surface area contributed by atoms with E-state index in [1.165, 1.54) is 0 Å². The van der Waals surface area contributed by atoms with Gasteiger partial charge in [-0.25, -0.2) is 0 Å². The molecule has 0 fully saturated rings. The van der Waals surface area contributed by atoms with Crippen LogP contribution >= 0.6 is 46.1 Å². The maximum atomic E-state index is 11.5. The fourth-order valence-corrected chi connectivity index (χ4v) is 2.49. The van der Waals surface area contributed by atoms with E-state index in [9.17, 15) is 4.79 Å². The van der Waals surface area contributed by atoms with E-state index < -0.39 is 0 Å². The Labute approximate surface area is 110 Å². The Bertz CT molecular complexity index is 171. The van der Waals surface area contributed by atoms with Crippen molar-refractivity contribution >= 4 is 51.9 Å². The molecule has 0 bridgehead atoms. The highest BCUT2D eigenvalue weighted by molar-refractivity contribution is 14.1. The molecule has 0 aromatic carbocycles. The molecule has 0 unspecified atom stereocenters. The summed E-state index contributed by atoms with van der Waals surface area (Å²) in [6, 6.07) is 0. The molecule has 0 rings (SSSR count). The summed E-state index contributed by atoms with van der Waals surface area (Å²) in [5, 5.41) is 0. The van der Waals surface area contributed by atoms with Gasteiger partial charge in [-0.05, 0) is 13.8 Å². The van der Waals surface area contributed by atoms with E-state index in [0.717, 1.165) is 0 Å². The molecule has 1 nitrogen and oxygen atoms in total. The molecule has 0 N–H and O–H groups in total. The minimum atomic E-state index is 0.166. The Hall–Kier alpha value is 1.10. The molecule has 0 aromatic rings. The number of hydrogen-bond acceptors (Lipinski definition) is 3. The molecule has 0 atom stereocenters. The number of hydrogen-bond donors (Lipinski definition) is 0. The molecule has 0 heterocycles. The van der Waals surface area contributed by atoms with E-state index in [4.69, 9.17) is 0 Å². The fourth-order valence-electron chi connectivity index (χ4n) is 0.591. The molecule has 0 spiro atoms. The van der Waals surface area contributed by atoms with Gasteiger partial charge in [-0.15, -0.1) is 23.5 Å². The average molecular weight is 346 g/mol. The second-order valence-electron chi connectivity index (χ2n) is 4.59. The van der Waals surface area contributed by atoms with Crippen molar-refractivity contribution in [2.24, 2.45) is 0 Å². The van der Waals surface area contributed by atoms with Crippen molar-refractivity contribution in [3.8, 4) is 0 Å². The van der Waals surface area contributed by atoms with E-state index in [2.05, 4.69) is 57.2 Å². The number of carbonyl (C=O) groups is 1. The molecule has 0 saturated carbocycles. The minimum absolute atomic E-state index is 0.166. The smallest absolute Gasteiger partial charge is 0.152 e. The second kappa shape index (κ2) is 5.99. The van der Waals surface area contributed by atoms with Crippen molar-refractivity contribution < 1.29 is 4.79 Å². The van der Waals surface area contributed by atoms with Crippen LogP contribution in [0.1, 0.15) is 34.6 Å². The zero-order valence-corrected chi connectivity index (χ0v) is 13.3. The van der Waals surface area contributed by atoms with Gasteiger partial charge in [0.1, 0.15) is 0 Å². The first-order valence-corrected chi connectivity index (χ1v) is 7.64. The summed E-state index contributed by atoms with van der Waals surface area (Å²) in [5.41, 5.74) is 0. The van der Waals surface area contributed by atoms with Crippen LogP contribution < -0.4 is 0 Å². The van der Waals surface area contributed by atoms with Crippen LogP contribution in [-0.2, 0) is 4.79 Å². The number of ketones is 1. The van der Waals surface area contributed by atoms with Crippen LogP contribution in [0.25, 0.3) is 0 Å². The van der Waals surface area contributed by atoms with Crippen LogP contribution in [0.2, 0.25) is 0 Å². The zero-order chi connectivity index (χ0) is 11.4. The number of rotatable bonds is 5. The first-order chi connectivity index (χ1) is 6.10. The van der Waals surface area contributed by atoms with Crippen molar-refractivity contribution in [2.45, 2.75) is 42.1 Å². The van der Waals surface area contributed by atoms with E-state index in [1.807, 2.05) is 0 Å². The van der Waals surface area contributed by atoms with Gasteiger partial charge in [0.05, 0.1) is 14.3 Å². The molecular formula is C10H19IOS2. The first-order valence-electron chi connectivity index (χ1n) is 4.59. The summed E-state index contributed by atoms with van der Waals surface area (Å²) in [6.07, 6.45) is 0. The lowest BCUT2D eigenvalue weighted by atomic mass is 10.3. The molecule has 84 valence electrons. The van der Waals surface area contributed by atoms with Crippen LogP contribution in [0.15, 0.2) is 0 Å². The van der Waals surface area contributed by atoms with Gasteiger partial charge >= 0.3 is 0 Å². The molecule has 0 aliphatic heterocycles. The third-order valence-corrected chi connectivity index (χ3v) is 4.66. The molecule has 0 saturated heterocycles. The van der Waals surface area contributed by atoms with Crippen LogP contribution in [-0.4, -0.2) is 24.8 Å². The minimum Gasteiger partial charge on any atom is -0.298 e. The number of Topliss-reactive ketones (excluding diaryl/α,β-unsaturated/α-hetero) is 1. The lowest BCUT2D eigenvalue weighted by Crippen LogP contribution is -2.16. The van der Waals surface area contributed by atoms with Gasteiger partial charge < -0.3 is 0 Å². The standard InChI is InChI=1S/C10H19IOS2/c1-9(2,3)13-6-8(12)7-14-10(4,5)11/h6-7H2,1-5H3. The number of thioether (sulfide) groups is 2. The molecule has 0 amide bonds. The van der Waals surface area contributed by atoms with Gasteiger partial charge in [-0.2, -0.15) is 0 Å². The van der Waals surface area contributed by atoms with Crippen molar-refractivity contribution in [3.05, 3.63) is 0 Å². The van der Waals surface area contributed by atoms with E-state index in [-0.39, 0.29) is 7.50 Å². The summed E-state index contributed by atoms with van der Waals surface area (Å²) in [7, 11) is 0. The summed E-state index contributed by atoms with van der Waals surface area (Å²) >= 11 is 5.80. The van der Waals surface area contributed by atoms with Gasteiger partial charge in [-0.1, -0.05) is 43.4 Å². The highest BCUT2D eigenvalue weighted by Gasteiger charge is 2.17. The Morgan fingerprint density at radius 1 is 1.07 bits per heavy atom. The molecule has 0 radical (unpaired) electrons. The Morgan fingerprint density at radius 2 is 1.50 bits per heavy atom. The number of halogens is 1.